The quantitative estimate of drug-likeness (QED) is 0.828. The van der Waals surface area contributed by atoms with Crippen molar-refractivity contribution in [3.8, 4) is 0 Å². The highest BCUT2D eigenvalue weighted by atomic mass is 32.1. The highest BCUT2D eigenvalue weighted by molar-refractivity contribution is 7.80. The van der Waals surface area contributed by atoms with Crippen LogP contribution in [0.3, 0.4) is 0 Å². The minimum absolute atomic E-state index is 0.158. The SMILES string of the molecule is Cc1sc(=O)n(CC(CS)C(C)(C)C)c1C. The van der Waals surface area contributed by atoms with E-state index in [0.29, 0.717) is 5.92 Å². The Morgan fingerprint density at radius 3 is 2.25 bits per heavy atom. The Kier molecular flexibility index (Phi) is 4.29. The summed E-state index contributed by atoms with van der Waals surface area (Å²) in [4.78, 5) is 13.1. The maximum Gasteiger partial charge on any atom is 0.307 e. The molecule has 16 heavy (non-hydrogen) atoms. The van der Waals surface area contributed by atoms with E-state index in [1.165, 1.54) is 11.3 Å². The summed E-state index contributed by atoms with van der Waals surface area (Å²) in [5.41, 5.74) is 1.29. The van der Waals surface area contributed by atoms with Crippen molar-refractivity contribution in [3.05, 3.63) is 20.2 Å². The molecular weight excluding hydrogens is 238 g/mol. The second kappa shape index (κ2) is 4.96. The van der Waals surface area contributed by atoms with Gasteiger partial charge < -0.3 is 4.57 Å². The Hall–Kier alpha value is -0.220. The van der Waals surface area contributed by atoms with Gasteiger partial charge in [0.25, 0.3) is 0 Å². The van der Waals surface area contributed by atoms with Crippen LogP contribution in [0.1, 0.15) is 31.3 Å². The van der Waals surface area contributed by atoms with E-state index in [0.717, 1.165) is 22.9 Å². The molecule has 0 aromatic carbocycles. The molecule has 1 atom stereocenters. The van der Waals surface area contributed by atoms with Crippen LogP contribution < -0.4 is 4.87 Å². The smallest absolute Gasteiger partial charge is 0.303 e. The van der Waals surface area contributed by atoms with Crippen LogP contribution in [-0.2, 0) is 6.54 Å². The Morgan fingerprint density at radius 2 is 1.94 bits per heavy atom. The lowest BCUT2D eigenvalue weighted by atomic mass is 9.82. The first kappa shape index (κ1) is 13.8. The lowest BCUT2D eigenvalue weighted by molar-refractivity contribution is 0.236. The highest BCUT2D eigenvalue weighted by Crippen LogP contribution is 2.28. The fourth-order valence-corrected chi connectivity index (χ4v) is 3.13. The molecule has 0 aliphatic rings. The molecule has 4 heteroatoms. The molecule has 0 aliphatic carbocycles. The van der Waals surface area contributed by atoms with E-state index in [4.69, 9.17) is 0 Å². The zero-order chi connectivity index (χ0) is 12.5. The number of rotatable bonds is 3. The Balaban J connectivity index is 2.99. The minimum Gasteiger partial charge on any atom is -0.303 e. The molecule has 0 saturated carbocycles. The van der Waals surface area contributed by atoms with Gasteiger partial charge in [0.2, 0.25) is 0 Å². The van der Waals surface area contributed by atoms with E-state index >= 15 is 0 Å². The number of aryl methyl sites for hydroxylation is 1. The normalized spacial score (nSPS) is 14.1. The lowest BCUT2D eigenvalue weighted by Gasteiger charge is -2.29. The fraction of sp³-hybridized carbons (Fsp3) is 0.750. The third-order valence-electron chi connectivity index (χ3n) is 3.22. The molecule has 1 rings (SSSR count). The molecular formula is C12H21NOS2. The van der Waals surface area contributed by atoms with E-state index < -0.39 is 0 Å². The van der Waals surface area contributed by atoms with Gasteiger partial charge in [0, 0.05) is 17.1 Å². The van der Waals surface area contributed by atoms with Gasteiger partial charge in [0.05, 0.1) is 0 Å². The molecule has 0 saturated heterocycles. The van der Waals surface area contributed by atoms with Crippen LogP contribution in [0.4, 0.5) is 0 Å². The maximum absolute atomic E-state index is 11.8. The molecule has 1 aromatic rings. The van der Waals surface area contributed by atoms with Crippen molar-refractivity contribution in [3.63, 3.8) is 0 Å². The number of hydrogen-bond acceptors (Lipinski definition) is 3. The average Bonchev–Trinajstić information content (AvgIpc) is 2.37. The largest absolute Gasteiger partial charge is 0.307 e. The van der Waals surface area contributed by atoms with Crippen molar-refractivity contribution in [2.24, 2.45) is 11.3 Å². The Labute approximate surface area is 107 Å². The second-order valence-corrected chi connectivity index (χ2v) is 6.90. The van der Waals surface area contributed by atoms with Crippen molar-refractivity contribution in [2.45, 2.75) is 41.2 Å². The summed E-state index contributed by atoms with van der Waals surface area (Å²) in [7, 11) is 0. The Morgan fingerprint density at radius 1 is 1.38 bits per heavy atom. The van der Waals surface area contributed by atoms with Crippen LogP contribution in [0.25, 0.3) is 0 Å². The highest BCUT2D eigenvalue weighted by Gasteiger charge is 2.25. The predicted molar refractivity (Wildman–Crippen MR) is 74.9 cm³/mol. The molecule has 0 radical (unpaired) electrons. The van der Waals surface area contributed by atoms with Crippen molar-refractivity contribution in [1.82, 2.24) is 4.57 Å². The van der Waals surface area contributed by atoms with E-state index in [1.54, 1.807) is 0 Å². The molecule has 0 fully saturated rings. The first-order chi connectivity index (χ1) is 7.27. The monoisotopic (exact) mass is 259 g/mol. The second-order valence-electron chi connectivity index (χ2n) is 5.37. The van der Waals surface area contributed by atoms with Crippen LogP contribution >= 0.6 is 24.0 Å². The van der Waals surface area contributed by atoms with Crippen molar-refractivity contribution >= 4 is 24.0 Å². The fourth-order valence-electron chi connectivity index (χ4n) is 1.62. The number of hydrogen-bond donors (Lipinski definition) is 1. The summed E-state index contributed by atoms with van der Waals surface area (Å²) in [6.07, 6.45) is 0. The standard InChI is InChI=1S/C12H21NOS2/c1-8-9(2)16-11(14)13(8)6-10(7-15)12(3,4)5/h10,15H,6-7H2,1-5H3. The summed E-state index contributed by atoms with van der Waals surface area (Å²) in [6, 6.07) is 0. The third kappa shape index (κ3) is 2.92. The van der Waals surface area contributed by atoms with Crippen LogP contribution in [0, 0.1) is 25.2 Å². The molecule has 0 N–H and O–H groups in total. The summed E-state index contributed by atoms with van der Waals surface area (Å²) in [5.74, 6) is 1.23. The van der Waals surface area contributed by atoms with Crippen LogP contribution in [0.15, 0.2) is 4.79 Å². The average molecular weight is 259 g/mol. The lowest BCUT2D eigenvalue weighted by Crippen LogP contribution is -2.30. The number of aromatic nitrogens is 1. The number of thiazole rings is 1. The van der Waals surface area contributed by atoms with Crippen LogP contribution in [0.5, 0.6) is 0 Å². The van der Waals surface area contributed by atoms with Crippen molar-refractivity contribution < 1.29 is 0 Å². The zero-order valence-corrected chi connectivity index (χ0v) is 12.4. The van der Waals surface area contributed by atoms with Crippen molar-refractivity contribution in [2.75, 3.05) is 5.75 Å². The number of thiol groups is 1. The van der Waals surface area contributed by atoms with Crippen LogP contribution in [0.2, 0.25) is 0 Å². The molecule has 0 spiro atoms. The molecule has 0 aliphatic heterocycles. The van der Waals surface area contributed by atoms with Gasteiger partial charge in [-0.1, -0.05) is 32.1 Å². The molecule has 2 nitrogen and oxygen atoms in total. The van der Waals surface area contributed by atoms with Gasteiger partial charge in [-0.15, -0.1) is 0 Å². The van der Waals surface area contributed by atoms with Gasteiger partial charge in [0.15, 0.2) is 0 Å². The first-order valence-electron chi connectivity index (χ1n) is 5.55. The molecule has 1 unspecified atom stereocenters. The minimum atomic E-state index is 0.158. The summed E-state index contributed by atoms with van der Waals surface area (Å²) < 4.78 is 1.89. The first-order valence-corrected chi connectivity index (χ1v) is 7.00. The zero-order valence-electron chi connectivity index (χ0n) is 10.7. The molecule has 1 aromatic heterocycles. The van der Waals surface area contributed by atoms with Gasteiger partial charge in [0.1, 0.15) is 0 Å². The van der Waals surface area contributed by atoms with Gasteiger partial charge >= 0.3 is 4.87 Å². The van der Waals surface area contributed by atoms with Gasteiger partial charge in [-0.05, 0) is 30.9 Å². The predicted octanol–water partition coefficient (Wildman–Crippen LogP) is 3.12. The van der Waals surface area contributed by atoms with Crippen molar-refractivity contribution in [1.29, 1.82) is 0 Å². The summed E-state index contributed by atoms with van der Waals surface area (Å²) in [6.45, 7) is 11.4. The molecule has 1 heterocycles. The van der Waals surface area contributed by atoms with Gasteiger partial charge in [-0.25, -0.2) is 0 Å². The van der Waals surface area contributed by atoms with E-state index in [1.807, 2.05) is 18.4 Å². The van der Waals surface area contributed by atoms with Gasteiger partial charge in [-0.3, -0.25) is 4.79 Å². The summed E-state index contributed by atoms with van der Waals surface area (Å²) >= 11 is 5.74. The van der Waals surface area contributed by atoms with Crippen LogP contribution in [-0.4, -0.2) is 10.3 Å². The molecule has 92 valence electrons. The van der Waals surface area contributed by atoms with Gasteiger partial charge in [-0.2, -0.15) is 12.6 Å². The third-order valence-corrected chi connectivity index (χ3v) is 4.66. The topological polar surface area (TPSA) is 22.0 Å². The molecule has 0 bridgehead atoms. The maximum atomic E-state index is 11.8. The van der Waals surface area contributed by atoms with E-state index in [9.17, 15) is 4.79 Å². The van der Waals surface area contributed by atoms with E-state index in [-0.39, 0.29) is 10.3 Å². The number of nitrogens with zero attached hydrogens (tertiary/aromatic N) is 1. The summed E-state index contributed by atoms with van der Waals surface area (Å²) in [5, 5.41) is 0. The van der Waals surface area contributed by atoms with E-state index in [2.05, 4.69) is 33.4 Å². The Bertz CT molecular complexity index is 412. The molecule has 0 amide bonds.